The Morgan fingerprint density at radius 1 is 1.38 bits per heavy atom. The number of alkyl carbamates (subject to hydrolysis) is 1. The summed E-state index contributed by atoms with van der Waals surface area (Å²) in [5.41, 5.74) is -0.465. The van der Waals surface area contributed by atoms with Gasteiger partial charge in [-0.25, -0.2) is 4.79 Å². The van der Waals surface area contributed by atoms with Crippen molar-refractivity contribution in [3.05, 3.63) is 0 Å². The Bertz CT molecular complexity index is 192. The minimum atomic E-state index is -0.465. The molecule has 0 unspecified atom stereocenters. The normalized spacial score (nSPS) is 33.1. The van der Waals surface area contributed by atoms with Gasteiger partial charge in [-0.05, 0) is 0 Å². The maximum Gasteiger partial charge on any atom is 0.408 e. The van der Waals surface area contributed by atoms with Crippen LogP contribution in [0.2, 0.25) is 0 Å². The van der Waals surface area contributed by atoms with Crippen LogP contribution in [0.1, 0.15) is 0 Å². The molecule has 1 amide bonds. The third-order valence-corrected chi connectivity index (χ3v) is 2.10. The van der Waals surface area contributed by atoms with E-state index in [9.17, 15) is 4.79 Å². The number of carbonyl (C=O) groups excluding carboxylic acids is 1. The van der Waals surface area contributed by atoms with Crippen molar-refractivity contribution in [1.82, 2.24) is 10.6 Å². The summed E-state index contributed by atoms with van der Waals surface area (Å²) in [4.78, 5) is 10.8. The van der Waals surface area contributed by atoms with E-state index in [1.54, 1.807) is 0 Å². The summed E-state index contributed by atoms with van der Waals surface area (Å²) in [5.74, 6) is 0. The molecule has 1 atom stereocenters. The van der Waals surface area contributed by atoms with Gasteiger partial charge in [-0.2, -0.15) is 0 Å². The minimum absolute atomic E-state index is 0. The zero-order chi connectivity index (χ0) is 8.44. The first kappa shape index (κ1) is 10.6. The number of nitrogens with one attached hydrogen (secondary N) is 2. The molecular formula is C7H13ClN2O3. The number of amides is 1. The Kier molecular flexibility index (Phi) is 3.35. The molecule has 0 bridgehead atoms. The highest BCUT2D eigenvalue weighted by molar-refractivity contribution is 5.85. The van der Waals surface area contributed by atoms with Gasteiger partial charge in [0.25, 0.3) is 0 Å². The fraction of sp³-hybridized carbons (Fsp3) is 0.857. The molecule has 2 aliphatic rings. The van der Waals surface area contributed by atoms with Crippen molar-refractivity contribution < 1.29 is 14.3 Å². The van der Waals surface area contributed by atoms with Gasteiger partial charge in [-0.3, -0.25) is 0 Å². The Labute approximate surface area is 82.6 Å². The highest BCUT2D eigenvalue weighted by atomic mass is 35.5. The Hall–Kier alpha value is -0.520. The minimum Gasteiger partial charge on any atom is -0.437 e. The van der Waals surface area contributed by atoms with Crippen LogP contribution in [0.4, 0.5) is 4.79 Å². The Balaban J connectivity index is 0.000000845. The van der Waals surface area contributed by atoms with Crippen LogP contribution in [-0.2, 0) is 9.47 Å². The summed E-state index contributed by atoms with van der Waals surface area (Å²) < 4.78 is 10.4. The topological polar surface area (TPSA) is 59.6 Å². The predicted molar refractivity (Wildman–Crippen MR) is 48.2 cm³/mol. The number of hydrogen-bond donors (Lipinski definition) is 2. The molecule has 0 aromatic heterocycles. The van der Waals surface area contributed by atoms with Crippen LogP contribution in [0.15, 0.2) is 0 Å². The lowest BCUT2D eigenvalue weighted by molar-refractivity contribution is -0.00749. The average molecular weight is 209 g/mol. The van der Waals surface area contributed by atoms with E-state index in [2.05, 4.69) is 10.6 Å². The fourth-order valence-electron chi connectivity index (χ4n) is 1.45. The van der Waals surface area contributed by atoms with E-state index < -0.39 is 5.60 Å². The fourth-order valence-corrected chi connectivity index (χ4v) is 1.45. The van der Waals surface area contributed by atoms with Gasteiger partial charge >= 0.3 is 6.09 Å². The van der Waals surface area contributed by atoms with Gasteiger partial charge < -0.3 is 20.1 Å². The van der Waals surface area contributed by atoms with Crippen LogP contribution < -0.4 is 10.6 Å². The number of rotatable bonds is 0. The van der Waals surface area contributed by atoms with Crippen molar-refractivity contribution in [1.29, 1.82) is 0 Å². The van der Waals surface area contributed by atoms with E-state index in [1.165, 1.54) is 0 Å². The second kappa shape index (κ2) is 4.13. The van der Waals surface area contributed by atoms with Crippen LogP contribution in [0.3, 0.4) is 0 Å². The van der Waals surface area contributed by atoms with E-state index in [0.717, 1.165) is 6.54 Å². The van der Waals surface area contributed by atoms with Crippen molar-refractivity contribution >= 4 is 18.5 Å². The van der Waals surface area contributed by atoms with Gasteiger partial charge in [0.15, 0.2) is 5.60 Å². The molecule has 13 heavy (non-hydrogen) atoms. The van der Waals surface area contributed by atoms with Crippen molar-refractivity contribution in [3.8, 4) is 0 Å². The van der Waals surface area contributed by atoms with Crippen molar-refractivity contribution in [2.75, 3.05) is 32.8 Å². The average Bonchev–Trinajstić information content (AvgIpc) is 2.30. The van der Waals surface area contributed by atoms with Crippen LogP contribution in [0, 0.1) is 0 Å². The SMILES string of the molecule is Cl.O=C1NC[C@@]2(CNCCOC2)O1. The van der Waals surface area contributed by atoms with Crippen LogP contribution >= 0.6 is 12.4 Å². The molecular weight excluding hydrogens is 196 g/mol. The highest BCUT2D eigenvalue weighted by Crippen LogP contribution is 2.16. The van der Waals surface area contributed by atoms with E-state index >= 15 is 0 Å². The monoisotopic (exact) mass is 208 g/mol. The molecule has 6 heteroatoms. The number of hydrogen-bond acceptors (Lipinski definition) is 4. The molecule has 2 fully saturated rings. The number of ether oxygens (including phenoxy) is 2. The third kappa shape index (κ3) is 2.24. The maximum atomic E-state index is 10.8. The zero-order valence-corrected chi connectivity index (χ0v) is 7.99. The summed E-state index contributed by atoms with van der Waals surface area (Å²) >= 11 is 0. The predicted octanol–water partition coefficient (Wildman–Crippen LogP) is -0.493. The molecule has 1 spiro atoms. The molecule has 2 rings (SSSR count). The molecule has 0 aliphatic carbocycles. The van der Waals surface area contributed by atoms with E-state index in [4.69, 9.17) is 9.47 Å². The number of carbonyl (C=O) groups is 1. The Morgan fingerprint density at radius 2 is 2.23 bits per heavy atom. The highest BCUT2D eigenvalue weighted by Gasteiger charge is 2.41. The molecule has 2 aliphatic heterocycles. The molecule has 2 N–H and O–H groups in total. The lowest BCUT2D eigenvalue weighted by atomic mass is 10.1. The van der Waals surface area contributed by atoms with Gasteiger partial charge in [0.05, 0.1) is 19.8 Å². The quantitative estimate of drug-likeness (QED) is 0.564. The molecule has 2 heterocycles. The van der Waals surface area contributed by atoms with Crippen molar-refractivity contribution in [3.63, 3.8) is 0 Å². The standard InChI is InChI=1S/C7H12N2O3.ClH/c10-6-9-4-7(12-6)3-8-1-2-11-5-7;/h8H,1-5H2,(H,9,10);1H/t7-;/m1./s1. The van der Waals surface area contributed by atoms with Crippen LogP contribution in [-0.4, -0.2) is 44.5 Å². The maximum absolute atomic E-state index is 10.8. The van der Waals surface area contributed by atoms with Gasteiger partial charge in [-0.15, -0.1) is 12.4 Å². The second-order valence-electron chi connectivity index (χ2n) is 3.16. The second-order valence-corrected chi connectivity index (χ2v) is 3.16. The summed E-state index contributed by atoms with van der Waals surface area (Å²) in [6.45, 7) is 3.20. The first-order chi connectivity index (χ1) is 5.81. The van der Waals surface area contributed by atoms with E-state index in [1.807, 2.05) is 0 Å². The molecule has 2 saturated heterocycles. The van der Waals surface area contributed by atoms with Gasteiger partial charge in [-0.1, -0.05) is 0 Å². The molecule has 0 aromatic rings. The molecule has 5 nitrogen and oxygen atoms in total. The van der Waals surface area contributed by atoms with Gasteiger partial charge in [0, 0.05) is 13.1 Å². The summed E-state index contributed by atoms with van der Waals surface area (Å²) in [7, 11) is 0. The van der Waals surface area contributed by atoms with E-state index in [0.29, 0.717) is 26.3 Å². The summed E-state index contributed by atoms with van der Waals surface area (Å²) in [6, 6.07) is 0. The van der Waals surface area contributed by atoms with Gasteiger partial charge in [0.1, 0.15) is 0 Å². The molecule has 0 saturated carbocycles. The smallest absolute Gasteiger partial charge is 0.408 e. The lowest BCUT2D eigenvalue weighted by Gasteiger charge is -2.22. The first-order valence-corrected chi connectivity index (χ1v) is 4.06. The van der Waals surface area contributed by atoms with E-state index in [-0.39, 0.29) is 18.5 Å². The largest absolute Gasteiger partial charge is 0.437 e. The van der Waals surface area contributed by atoms with Crippen LogP contribution in [0.5, 0.6) is 0 Å². The lowest BCUT2D eigenvalue weighted by Crippen LogP contribution is -2.45. The molecule has 76 valence electrons. The number of halogens is 1. The van der Waals surface area contributed by atoms with Crippen molar-refractivity contribution in [2.45, 2.75) is 5.60 Å². The zero-order valence-electron chi connectivity index (χ0n) is 7.17. The molecule has 0 aromatic carbocycles. The Morgan fingerprint density at radius 3 is 2.92 bits per heavy atom. The van der Waals surface area contributed by atoms with Crippen molar-refractivity contribution in [2.24, 2.45) is 0 Å². The molecule has 0 radical (unpaired) electrons. The summed E-state index contributed by atoms with van der Waals surface area (Å²) in [6.07, 6.45) is -0.345. The summed E-state index contributed by atoms with van der Waals surface area (Å²) in [5, 5.41) is 5.78. The van der Waals surface area contributed by atoms with Crippen LogP contribution in [0.25, 0.3) is 0 Å². The first-order valence-electron chi connectivity index (χ1n) is 4.06. The van der Waals surface area contributed by atoms with Gasteiger partial charge in [0.2, 0.25) is 0 Å². The third-order valence-electron chi connectivity index (χ3n) is 2.10.